The maximum Gasteiger partial charge on any atom is 0.191 e. The summed E-state index contributed by atoms with van der Waals surface area (Å²) in [6, 6.07) is 14.6. The minimum Gasteiger partial charge on any atom is -0.489 e. The highest BCUT2D eigenvalue weighted by molar-refractivity contribution is 14.0. The van der Waals surface area contributed by atoms with E-state index in [0.29, 0.717) is 12.6 Å². The van der Waals surface area contributed by atoms with E-state index < -0.39 is 0 Å². The predicted octanol–water partition coefficient (Wildman–Crippen LogP) is 4.00. The zero-order valence-electron chi connectivity index (χ0n) is 18.2. The fraction of sp³-hybridized carbons (Fsp3) is 0.478. The maximum atomic E-state index is 5.97. The van der Waals surface area contributed by atoms with Gasteiger partial charge in [-0.25, -0.2) is 9.98 Å². The molecule has 164 valence electrons. The van der Waals surface area contributed by atoms with E-state index in [2.05, 4.69) is 59.5 Å². The second-order valence-corrected chi connectivity index (χ2v) is 7.55. The van der Waals surface area contributed by atoms with Gasteiger partial charge in [0.25, 0.3) is 0 Å². The molecule has 0 saturated carbocycles. The quantitative estimate of drug-likeness (QED) is 0.327. The summed E-state index contributed by atoms with van der Waals surface area (Å²) in [4.78, 5) is 11.6. The number of nitrogens with zero attached hydrogens (tertiary/aromatic N) is 3. The second kappa shape index (κ2) is 12.6. The Labute approximate surface area is 197 Å². The number of hydrogen-bond acceptors (Lipinski definition) is 4. The molecule has 1 aliphatic rings. The summed E-state index contributed by atoms with van der Waals surface area (Å²) in [5.41, 5.74) is 1.23. The molecule has 3 rings (SSSR count). The van der Waals surface area contributed by atoms with Gasteiger partial charge in [-0.15, -0.1) is 24.0 Å². The number of piperidine rings is 1. The summed E-state index contributed by atoms with van der Waals surface area (Å²) in [5, 5.41) is 6.95. The van der Waals surface area contributed by atoms with E-state index in [4.69, 9.17) is 9.73 Å². The molecule has 1 aliphatic heterocycles. The topological polar surface area (TPSA) is 61.8 Å². The van der Waals surface area contributed by atoms with Crippen LogP contribution in [0.4, 0.5) is 5.82 Å². The van der Waals surface area contributed by atoms with Crippen LogP contribution in [0.2, 0.25) is 0 Å². The molecule has 2 heterocycles. The van der Waals surface area contributed by atoms with E-state index in [-0.39, 0.29) is 30.1 Å². The highest BCUT2D eigenvalue weighted by Gasteiger charge is 2.20. The van der Waals surface area contributed by atoms with Crippen molar-refractivity contribution in [3.63, 3.8) is 0 Å². The van der Waals surface area contributed by atoms with Crippen LogP contribution in [0.1, 0.15) is 32.3 Å². The van der Waals surface area contributed by atoms with Crippen molar-refractivity contribution in [1.29, 1.82) is 0 Å². The molecule has 7 heteroatoms. The molecule has 1 aromatic heterocycles. The van der Waals surface area contributed by atoms with E-state index in [1.54, 1.807) is 0 Å². The molecule has 1 saturated heterocycles. The number of anilines is 1. The molecule has 0 aliphatic carbocycles. The highest BCUT2D eigenvalue weighted by Crippen LogP contribution is 2.17. The zero-order chi connectivity index (χ0) is 20.5. The SMILES string of the molecule is CCNC(=NCC(C)Oc1ccc(C)cc1)NC1CCN(c2ccccn2)CC1.I. The molecular weight excluding hydrogens is 489 g/mol. The number of guanidine groups is 1. The monoisotopic (exact) mass is 523 g/mol. The van der Waals surface area contributed by atoms with Gasteiger partial charge in [0.05, 0.1) is 6.54 Å². The van der Waals surface area contributed by atoms with Gasteiger partial charge < -0.3 is 20.3 Å². The number of ether oxygens (including phenoxy) is 1. The van der Waals surface area contributed by atoms with Crippen molar-refractivity contribution in [2.75, 3.05) is 31.1 Å². The molecule has 30 heavy (non-hydrogen) atoms. The number of hydrogen-bond donors (Lipinski definition) is 2. The normalized spacial score (nSPS) is 15.8. The Hall–Kier alpha value is -2.03. The predicted molar refractivity (Wildman–Crippen MR) is 135 cm³/mol. The minimum absolute atomic E-state index is 0. The lowest BCUT2D eigenvalue weighted by Gasteiger charge is -2.33. The van der Waals surface area contributed by atoms with Crippen LogP contribution in [-0.2, 0) is 0 Å². The summed E-state index contributed by atoms with van der Waals surface area (Å²) in [6.07, 6.45) is 4.00. The summed E-state index contributed by atoms with van der Waals surface area (Å²) in [6.45, 7) is 9.67. The van der Waals surface area contributed by atoms with Crippen molar-refractivity contribution in [1.82, 2.24) is 15.6 Å². The van der Waals surface area contributed by atoms with Gasteiger partial charge in [0.2, 0.25) is 0 Å². The minimum atomic E-state index is 0. The number of aliphatic imine (C=N–C) groups is 1. The first kappa shape index (κ1) is 24.2. The van der Waals surface area contributed by atoms with Gasteiger partial charge in [-0.3, -0.25) is 0 Å². The smallest absolute Gasteiger partial charge is 0.191 e. The average molecular weight is 523 g/mol. The molecule has 1 aromatic carbocycles. The van der Waals surface area contributed by atoms with Gasteiger partial charge in [0.1, 0.15) is 17.7 Å². The number of nitrogens with one attached hydrogen (secondary N) is 2. The standard InChI is InChI=1S/C23H33N5O.HI/c1-4-24-23(26-17-19(3)29-21-10-8-18(2)9-11-21)27-20-12-15-28(16-13-20)22-7-5-6-14-25-22;/h5-11,14,19-20H,4,12-13,15-17H2,1-3H3,(H2,24,26,27);1H. The highest BCUT2D eigenvalue weighted by atomic mass is 127. The fourth-order valence-electron chi connectivity index (χ4n) is 3.41. The molecule has 0 bridgehead atoms. The molecule has 1 atom stereocenters. The molecule has 0 amide bonds. The van der Waals surface area contributed by atoms with E-state index in [9.17, 15) is 0 Å². The van der Waals surface area contributed by atoms with Gasteiger partial charge in [-0.05, 0) is 57.9 Å². The van der Waals surface area contributed by atoms with Crippen molar-refractivity contribution < 1.29 is 4.74 Å². The average Bonchev–Trinajstić information content (AvgIpc) is 2.75. The van der Waals surface area contributed by atoms with Crippen LogP contribution < -0.4 is 20.3 Å². The first-order chi connectivity index (χ1) is 14.1. The number of aryl methyl sites for hydroxylation is 1. The zero-order valence-corrected chi connectivity index (χ0v) is 20.5. The van der Waals surface area contributed by atoms with Crippen LogP contribution in [0.15, 0.2) is 53.7 Å². The molecule has 0 spiro atoms. The molecule has 1 unspecified atom stereocenters. The largest absolute Gasteiger partial charge is 0.489 e. The molecule has 6 nitrogen and oxygen atoms in total. The van der Waals surface area contributed by atoms with Gasteiger partial charge in [0.15, 0.2) is 5.96 Å². The molecule has 2 N–H and O–H groups in total. The lowest BCUT2D eigenvalue weighted by Crippen LogP contribution is -2.49. The first-order valence-electron chi connectivity index (χ1n) is 10.6. The first-order valence-corrected chi connectivity index (χ1v) is 10.6. The van der Waals surface area contributed by atoms with Gasteiger partial charge in [-0.1, -0.05) is 23.8 Å². The van der Waals surface area contributed by atoms with Crippen molar-refractivity contribution in [2.45, 2.75) is 45.8 Å². The summed E-state index contributed by atoms with van der Waals surface area (Å²) in [7, 11) is 0. The van der Waals surface area contributed by atoms with Crippen molar-refractivity contribution in [3.8, 4) is 5.75 Å². The Morgan fingerprint density at radius 3 is 2.57 bits per heavy atom. The van der Waals surface area contributed by atoms with E-state index in [0.717, 1.165) is 50.0 Å². The molecule has 2 aromatic rings. The van der Waals surface area contributed by atoms with E-state index >= 15 is 0 Å². The van der Waals surface area contributed by atoms with Crippen LogP contribution >= 0.6 is 24.0 Å². The summed E-state index contributed by atoms with van der Waals surface area (Å²) in [5.74, 6) is 2.81. The van der Waals surface area contributed by atoms with Crippen molar-refractivity contribution in [2.24, 2.45) is 4.99 Å². The second-order valence-electron chi connectivity index (χ2n) is 7.55. The Bertz CT molecular complexity index is 761. The molecule has 1 fully saturated rings. The lowest BCUT2D eigenvalue weighted by atomic mass is 10.1. The third-order valence-corrected chi connectivity index (χ3v) is 5.02. The number of halogens is 1. The van der Waals surface area contributed by atoms with Gasteiger partial charge in [-0.2, -0.15) is 0 Å². The maximum absolute atomic E-state index is 5.97. The van der Waals surface area contributed by atoms with E-state index in [1.165, 1.54) is 5.56 Å². The Morgan fingerprint density at radius 1 is 1.20 bits per heavy atom. The van der Waals surface area contributed by atoms with Crippen molar-refractivity contribution in [3.05, 3.63) is 54.2 Å². The Balaban J connectivity index is 0.00000320. The molecular formula is C23H34IN5O. The molecule has 0 radical (unpaired) electrons. The number of pyridine rings is 1. The third-order valence-electron chi connectivity index (χ3n) is 5.02. The fourth-order valence-corrected chi connectivity index (χ4v) is 3.41. The number of rotatable bonds is 7. The van der Waals surface area contributed by atoms with Gasteiger partial charge >= 0.3 is 0 Å². The summed E-state index contributed by atoms with van der Waals surface area (Å²) >= 11 is 0. The van der Waals surface area contributed by atoms with Crippen LogP contribution in [0.5, 0.6) is 5.75 Å². The van der Waals surface area contributed by atoms with Crippen LogP contribution in [0.3, 0.4) is 0 Å². The van der Waals surface area contributed by atoms with Crippen molar-refractivity contribution >= 4 is 35.8 Å². The number of aromatic nitrogens is 1. The van der Waals surface area contributed by atoms with Crippen LogP contribution in [0.25, 0.3) is 0 Å². The summed E-state index contributed by atoms with van der Waals surface area (Å²) < 4.78 is 5.97. The lowest BCUT2D eigenvalue weighted by molar-refractivity contribution is 0.230. The van der Waals surface area contributed by atoms with Crippen LogP contribution in [0, 0.1) is 6.92 Å². The van der Waals surface area contributed by atoms with Gasteiger partial charge in [0, 0.05) is 31.9 Å². The Morgan fingerprint density at radius 2 is 1.93 bits per heavy atom. The number of benzene rings is 1. The van der Waals surface area contributed by atoms with E-state index in [1.807, 2.05) is 30.5 Å². The Kier molecular flexibility index (Phi) is 10.2. The third kappa shape index (κ3) is 7.66. The van der Waals surface area contributed by atoms with Crippen LogP contribution in [-0.4, -0.2) is 49.3 Å².